The highest BCUT2D eigenvalue weighted by molar-refractivity contribution is 5.84. The first-order valence-electron chi connectivity index (χ1n) is 8.65. The summed E-state index contributed by atoms with van der Waals surface area (Å²) in [6, 6.07) is 10.2. The van der Waals surface area contributed by atoms with Gasteiger partial charge in [0.05, 0.1) is 18.3 Å². The van der Waals surface area contributed by atoms with Crippen molar-refractivity contribution in [3.63, 3.8) is 0 Å². The lowest BCUT2D eigenvalue weighted by Gasteiger charge is -2.18. The van der Waals surface area contributed by atoms with Crippen LogP contribution < -0.4 is 11.1 Å². The van der Waals surface area contributed by atoms with Crippen LogP contribution >= 0.6 is 0 Å². The van der Waals surface area contributed by atoms with Crippen molar-refractivity contribution in [1.82, 2.24) is 19.7 Å². The van der Waals surface area contributed by atoms with Crippen LogP contribution in [0.25, 0.3) is 10.9 Å². The summed E-state index contributed by atoms with van der Waals surface area (Å²) in [6.07, 6.45) is 4.20. The summed E-state index contributed by atoms with van der Waals surface area (Å²) < 4.78 is 9.31. The highest BCUT2D eigenvalue weighted by atomic mass is 16.5. The zero-order valence-electron chi connectivity index (χ0n) is 15.2. The number of rotatable bonds is 9. The summed E-state index contributed by atoms with van der Waals surface area (Å²) in [5.74, 6) is -0.293. The predicted octanol–water partition coefficient (Wildman–Crippen LogP) is 1.73. The zero-order chi connectivity index (χ0) is 18.5. The molecule has 0 aliphatic carbocycles. The highest BCUT2D eigenvalue weighted by Gasteiger charge is 2.16. The quantitative estimate of drug-likeness (QED) is 0.612. The third-order valence-corrected chi connectivity index (χ3v) is 4.56. The number of carbonyl (C=O) groups is 1. The molecule has 26 heavy (non-hydrogen) atoms. The van der Waals surface area contributed by atoms with Crippen molar-refractivity contribution < 1.29 is 9.53 Å². The summed E-state index contributed by atoms with van der Waals surface area (Å²) in [5.41, 5.74) is 8.66. The molecule has 2 heterocycles. The van der Waals surface area contributed by atoms with Gasteiger partial charge in [0.1, 0.15) is 0 Å². The largest absolute Gasteiger partial charge is 0.383 e. The fourth-order valence-corrected chi connectivity index (χ4v) is 3.25. The number of hydrogen-bond donors (Lipinski definition) is 2. The van der Waals surface area contributed by atoms with Gasteiger partial charge < -0.3 is 20.4 Å². The van der Waals surface area contributed by atoms with Gasteiger partial charge in [-0.2, -0.15) is 5.10 Å². The number of aromatic nitrogens is 3. The van der Waals surface area contributed by atoms with E-state index < -0.39 is 0 Å². The molecule has 0 saturated carbocycles. The minimum absolute atomic E-state index is 0.0419. The van der Waals surface area contributed by atoms with Gasteiger partial charge in [-0.25, -0.2) is 0 Å². The van der Waals surface area contributed by atoms with Gasteiger partial charge in [0.25, 0.3) is 0 Å². The Labute approximate surface area is 152 Å². The number of benzene rings is 1. The lowest BCUT2D eigenvalue weighted by Crippen LogP contribution is -2.26. The van der Waals surface area contributed by atoms with Crippen LogP contribution in [0.3, 0.4) is 0 Å². The Kier molecular flexibility index (Phi) is 5.70. The molecule has 1 unspecified atom stereocenters. The van der Waals surface area contributed by atoms with Crippen molar-refractivity contribution in [3.8, 4) is 0 Å². The standard InChI is InChI=1S/C19H25N5O2/c1-23-18(7-9-22-23)16(13-26-2)21-11-14-12-24(10-8-19(20)25)17-6-4-3-5-15(14)17/h3-7,9,12,16,21H,8,10-11,13H2,1-2H3,(H2,20,25). The first-order chi connectivity index (χ1) is 12.6. The summed E-state index contributed by atoms with van der Waals surface area (Å²) in [4.78, 5) is 11.1. The molecule has 0 radical (unpaired) electrons. The molecule has 3 N–H and O–H groups in total. The molecule has 0 fully saturated rings. The first-order valence-corrected chi connectivity index (χ1v) is 8.65. The van der Waals surface area contributed by atoms with Gasteiger partial charge in [-0.1, -0.05) is 18.2 Å². The number of nitrogens with two attached hydrogens (primary N) is 1. The normalized spacial score (nSPS) is 12.5. The number of primary amides is 1. The van der Waals surface area contributed by atoms with Crippen molar-refractivity contribution in [2.75, 3.05) is 13.7 Å². The number of hydrogen-bond acceptors (Lipinski definition) is 4. The van der Waals surface area contributed by atoms with Crippen LogP contribution in [-0.4, -0.2) is 34.0 Å². The third-order valence-electron chi connectivity index (χ3n) is 4.56. The van der Waals surface area contributed by atoms with E-state index in [1.165, 1.54) is 10.9 Å². The zero-order valence-corrected chi connectivity index (χ0v) is 15.2. The predicted molar refractivity (Wildman–Crippen MR) is 100 cm³/mol. The Bertz CT molecular complexity index is 883. The molecule has 0 aliphatic rings. The molecule has 0 spiro atoms. The average molecular weight is 355 g/mol. The van der Waals surface area contributed by atoms with Crippen LogP contribution in [-0.2, 0) is 29.7 Å². The molecule has 7 nitrogen and oxygen atoms in total. The summed E-state index contributed by atoms with van der Waals surface area (Å²) in [5, 5.41) is 8.97. The minimum atomic E-state index is -0.293. The number of amides is 1. The number of carbonyl (C=O) groups excluding carboxylic acids is 1. The van der Waals surface area contributed by atoms with Crippen molar-refractivity contribution >= 4 is 16.8 Å². The number of fused-ring (bicyclic) bond motifs is 1. The maximum atomic E-state index is 11.1. The Morgan fingerprint density at radius 2 is 2.15 bits per heavy atom. The molecule has 0 bridgehead atoms. The lowest BCUT2D eigenvalue weighted by molar-refractivity contribution is -0.118. The van der Waals surface area contributed by atoms with E-state index in [9.17, 15) is 4.79 Å². The fraction of sp³-hybridized carbons (Fsp3) is 0.368. The van der Waals surface area contributed by atoms with Crippen molar-refractivity contribution in [1.29, 1.82) is 0 Å². The second kappa shape index (κ2) is 8.16. The molecule has 0 aliphatic heterocycles. The van der Waals surface area contributed by atoms with E-state index in [2.05, 4.69) is 33.3 Å². The van der Waals surface area contributed by atoms with Crippen molar-refractivity contribution in [3.05, 3.63) is 54.0 Å². The van der Waals surface area contributed by atoms with Crippen LogP contribution in [0.2, 0.25) is 0 Å². The molecule has 138 valence electrons. The van der Waals surface area contributed by atoms with Gasteiger partial charge in [0.15, 0.2) is 0 Å². The van der Waals surface area contributed by atoms with E-state index in [1.54, 1.807) is 13.3 Å². The van der Waals surface area contributed by atoms with E-state index in [-0.39, 0.29) is 11.9 Å². The maximum absolute atomic E-state index is 11.1. The number of nitrogens with one attached hydrogen (secondary N) is 1. The molecule has 1 atom stereocenters. The number of methoxy groups -OCH3 is 1. The number of nitrogens with zero attached hydrogens (tertiary/aromatic N) is 3. The van der Waals surface area contributed by atoms with Crippen LogP contribution in [0.15, 0.2) is 42.7 Å². The SMILES string of the molecule is COCC(NCc1cn(CCC(N)=O)c2ccccc12)c1ccnn1C. The van der Waals surface area contributed by atoms with E-state index in [1.807, 2.05) is 29.9 Å². The number of para-hydroxylation sites is 1. The van der Waals surface area contributed by atoms with Gasteiger partial charge in [0, 0.05) is 57.0 Å². The summed E-state index contributed by atoms with van der Waals surface area (Å²) in [6.45, 7) is 1.82. The van der Waals surface area contributed by atoms with Crippen LogP contribution in [0.1, 0.15) is 23.7 Å². The van der Waals surface area contributed by atoms with Crippen LogP contribution in [0, 0.1) is 0 Å². The topological polar surface area (TPSA) is 87.1 Å². The van der Waals surface area contributed by atoms with Gasteiger partial charge in [0.2, 0.25) is 5.91 Å². The maximum Gasteiger partial charge on any atom is 0.219 e. The Morgan fingerprint density at radius 3 is 2.85 bits per heavy atom. The second-order valence-electron chi connectivity index (χ2n) is 6.35. The van der Waals surface area contributed by atoms with Crippen LogP contribution in [0.4, 0.5) is 0 Å². The molecule has 1 aromatic carbocycles. The molecule has 3 aromatic rings. The smallest absolute Gasteiger partial charge is 0.219 e. The number of ether oxygens (including phenoxy) is 1. The number of aryl methyl sites for hydroxylation is 2. The molecule has 3 rings (SSSR count). The Hall–Kier alpha value is -2.64. The van der Waals surface area contributed by atoms with Crippen LogP contribution in [0.5, 0.6) is 0 Å². The van der Waals surface area contributed by atoms with Gasteiger partial charge in [-0.3, -0.25) is 9.48 Å². The van der Waals surface area contributed by atoms with E-state index in [0.717, 1.165) is 11.2 Å². The molecule has 2 aromatic heterocycles. The van der Waals surface area contributed by atoms with E-state index >= 15 is 0 Å². The summed E-state index contributed by atoms with van der Waals surface area (Å²) >= 11 is 0. The van der Waals surface area contributed by atoms with Crippen molar-refractivity contribution in [2.24, 2.45) is 12.8 Å². The Morgan fingerprint density at radius 1 is 1.35 bits per heavy atom. The molecule has 7 heteroatoms. The monoisotopic (exact) mass is 355 g/mol. The molecule has 1 amide bonds. The highest BCUT2D eigenvalue weighted by Crippen LogP contribution is 2.23. The molecule has 0 saturated heterocycles. The van der Waals surface area contributed by atoms with E-state index in [0.29, 0.717) is 26.1 Å². The minimum Gasteiger partial charge on any atom is -0.383 e. The second-order valence-corrected chi connectivity index (χ2v) is 6.35. The third kappa shape index (κ3) is 3.95. The van der Waals surface area contributed by atoms with Gasteiger partial charge in [-0.05, 0) is 17.7 Å². The molecular weight excluding hydrogens is 330 g/mol. The fourth-order valence-electron chi connectivity index (χ4n) is 3.25. The average Bonchev–Trinajstić information content (AvgIpc) is 3.21. The lowest BCUT2D eigenvalue weighted by atomic mass is 10.1. The first kappa shape index (κ1) is 18.2. The van der Waals surface area contributed by atoms with Crippen molar-refractivity contribution in [2.45, 2.75) is 25.6 Å². The Balaban J connectivity index is 1.81. The molecular formula is C19H25N5O2. The summed E-state index contributed by atoms with van der Waals surface area (Å²) in [7, 11) is 3.62. The van der Waals surface area contributed by atoms with E-state index in [4.69, 9.17) is 10.5 Å². The van der Waals surface area contributed by atoms with Gasteiger partial charge in [-0.15, -0.1) is 0 Å². The van der Waals surface area contributed by atoms with Gasteiger partial charge >= 0.3 is 0 Å².